The van der Waals surface area contributed by atoms with Crippen LogP contribution in [0.2, 0.25) is 0 Å². The fourth-order valence-corrected chi connectivity index (χ4v) is 5.05. The van der Waals surface area contributed by atoms with Gasteiger partial charge >= 0.3 is 5.97 Å². The molecule has 0 spiro atoms. The summed E-state index contributed by atoms with van der Waals surface area (Å²) >= 11 is 0. The maximum atomic E-state index is 13.6. The highest BCUT2D eigenvalue weighted by Crippen LogP contribution is 2.42. The molecule has 7 heteroatoms. The van der Waals surface area contributed by atoms with E-state index in [1.54, 1.807) is 19.1 Å². The van der Waals surface area contributed by atoms with Gasteiger partial charge in [0.1, 0.15) is 12.2 Å². The normalized spacial score (nSPS) is 23.0. The highest BCUT2D eigenvalue weighted by molar-refractivity contribution is 6.04. The standard InChI is InChI=1S/C26H27NO6/c1-14-8-9-21-17(11-14)25(29)18(13-32-21)23-22(26(30)33-12-16-5-4-10-31-16)15(2)27-19-6-3-7-20(28)24(19)23/h8-9,11,13,16,23,27H,3-7,10,12H2,1-2H3/t16-,23-/m0/s1. The summed E-state index contributed by atoms with van der Waals surface area (Å²) in [5.74, 6) is -1.43. The van der Waals surface area contributed by atoms with Gasteiger partial charge in [0.25, 0.3) is 0 Å². The molecule has 2 aromatic rings. The molecule has 0 radical (unpaired) electrons. The molecule has 3 aliphatic rings. The van der Waals surface area contributed by atoms with E-state index in [4.69, 9.17) is 13.9 Å². The van der Waals surface area contributed by atoms with Gasteiger partial charge in [0, 0.05) is 35.6 Å². The van der Waals surface area contributed by atoms with Crippen molar-refractivity contribution in [1.82, 2.24) is 5.32 Å². The number of fused-ring (bicyclic) bond motifs is 1. The number of carbonyl (C=O) groups excluding carboxylic acids is 2. The summed E-state index contributed by atoms with van der Waals surface area (Å²) in [5.41, 5.74) is 3.54. The van der Waals surface area contributed by atoms with E-state index in [0.717, 1.165) is 30.5 Å². The number of dihydropyridines is 1. The van der Waals surface area contributed by atoms with Crippen LogP contribution in [-0.4, -0.2) is 31.1 Å². The first-order chi connectivity index (χ1) is 15.9. The fourth-order valence-electron chi connectivity index (χ4n) is 5.05. The minimum absolute atomic E-state index is 0.0607. The Bertz CT molecular complexity index is 1260. The van der Waals surface area contributed by atoms with Crippen LogP contribution in [-0.2, 0) is 19.1 Å². The SMILES string of the molecule is CC1=C(C(=O)OC[C@@H]2CCCO2)[C@H](c2coc3ccc(C)cc3c2=O)C2=C(CCCC2=O)N1. The molecule has 2 atom stereocenters. The van der Waals surface area contributed by atoms with Crippen LogP contribution in [0.3, 0.4) is 0 Å². The van der Waals surface area contributed by atoms with Gasteiger partial charge in [-0.15, -0.1) is 0 Å². The van der Waals surface area contributed by atoms with Crippen LogP contribution >= 0.6 is 0 Å². The Morgan fingerprint density at radius 3 is 2.82 bits per heavy atom. The zero-order chi connectivity index (χ0) is 23.1. The van der Waals surface area contributed by atoms with E-state index in [9.17, 15) is 14.4 Å². The highest BCUT2D eigenvalue weighted by atomic mass is 16.6. The van der Waals surface area contributed by atoms with Crippen molar-refractivity contribution in [2.24, 2.45) is 0 Å². The monoisotopic (exact) mass is 449 g/mol. The van der Waals surface area contributed by atoms with Crippen molar-refractivity contribution in [2.45, 2.75) is 58.0 Å². The van der Waals surface area contributed by atoms with E-state index in [-0.39, 0.29) is 35.1 Å². The molecular formula is C26H27NO6. The minimum Gasteiger partial charge on any atom is -0.464 e. The van der Waals surface area contributed by atoms with Gasteiger partial charge < -0.3 is 19.2 Å². The number of Topliss-reactive ketones (excluding diaryl/α,β-unsaturated/α-hetero) is 1. The first-order valence-corrected chi connectivity index (χ1v) is 11.5. The summed E-state index contributed by atoms with van der Waals surface area (Å²) in [7, 11) is 0. The number of rotatable bonds is 4. The second-order valence-electron chi connectivity index (χ2n) is 9.02. The van der Waals surface area contributed by atoms with E-state index in [1.807, 2.05) is 13.0 Å². The molecule has 0 saturated carbocycles. The largest absolute Gasteiger partial charge is 0.464 e. The summed E-state index contributed by atoms with van der Waals surface area (Å²) in [6.07, 6.45) is 4.85. The smallest absolute Gasteiger partial charge is 0.336 e. The fraction of sp³-hybridized carbons (Fsp3) is 0.423. The number of allylic oxidation sites excluding steroid dienone is 3. The number of nitrogens with one attached hydrogen (secondary N) is 1. The first kappa shape index (κ1) is 21.6. The molecule has 0 bridgehead atoms. The second-order valence-corrected chi connectivity index (χ2v) is 9.02. The van der Waals surface area contributed by atoms with Gasteiger partial charge in [-0.25, -0.2) is 4.79 Å². The Hall–Kier alpha value is -3.19. The summed E-state index contributed by atoms with van der Waals surface area (Å²) in [4.78, 5) is 40.0. The van der Waals surface area contributed by atoms with Gasteiger partial charge in [0.15, 0.2) is 11.2 Å². The van der Waals surface area contributed by atoms with E-state index in [2.05, 4.69) is 5.32 Å². The summed E-state index contributed by atoms with van der Waals surface area (Å²) in [5, 5.41) is 3.68. The molecule has 5 rings (SSSR count). The van der Waals surface area contributed by atoms with Crippen LogP contribution in [0.1, 0.15) is 56.1 Å². The maximum absolute atomic E-state index is 13.6. The van der Waals surface area contributed by atoms with Crippen molar-refractivity contribution in [3.8, 4) is 0 Å². The third kappa shape index (κ3) is 3.91. The van der Waals surface area contributed by atoms with Crippen molar-refractivity contribution in [3.63, 3.8) is 0 Å². The number of hydrogen-bond donors (Lipinski definition) is 1. The van der Waals surface area contributed by atoms with Gasteiger partial charge in [-0.1, -0.05) is 11.6 Å². The lowest BCUT2D eigenvalue weighted by atomic mass is 9.75. The van der Waals surface area contributed by atoms with E-state index in [1.165, 1.54) is 6.26 Å². The number of ketones is 1. The Labute approximate surface area is 191 Å². The van der Waals surface area contributed by atoms with Gasteiger partial charge in [0.2, 0.25) is 0 Å². The minimum atomic E-state index is -0.827. The molecule has 1 fully saturated rings. The van der Waals surface area contributed by atoms with Crippen molar-refractivity contribution in [3.05, 3.63) is 68.4 Å². The molecule has 0 unspecified atom stereocenters. The predicted octanol–water partition coefficient (Wildman–Crippen LogP) is 3.79. The molecule has 172 valence electrons. The van der Waals surface area contributed by atoms with Crippen LogP contribution in [0.5, 0.6) is 0 Å². The molecule has 7 nitrogen and oxygen atoms in total. The summed E-state index contributed by atoms with van der Waals surface area (Å²) < 4.78 is 17.0. The Kier molecular flexibility index (Phi) is 5.66. The molecule has 1 aliphatic carbocycles. The molecule has 1 aromatic carbocycles. The van der Waals surface area contributed by atoms with E-state index in [0.29, 0.717) is 41.7 Å². The van der Waals surface area contributed by atoms with Crippen LogP contribution in [0.15, 0.2) is 56.2 Å². The quantitative estimate of drug-likeness (QED) is 0.710. The zero-order valence-electron chi connectivity index (χ0n) is 18.9. The molecule has 3 heterocycles. The third-order valence-electron chi connectivity index (χ3n) is 6.69. The van der Waals surface area contributed by atoms with E-state index < -0.39 is 11.9 Å². The van der Waals surface area contributed by atoms with Gasteiger partial charge in [-0.3, -0.25) is 9.59 Å². The lowest BCUT2D eigenvalue weighted by Gasteiger charge is -2.33. The maximum Gasteiger partial charge on any atom is 0.336 e. The predicted molar refractivity (Wildman–Crippen MR) is 122 cm³/mol. The first-order valence-electron chi connectivity index (χ1n) is 11.5. The molecule has 1 saturated heterocycles. The topological polar surface area (TPSA) is 94.8 Å². The van der Waals surface area contributed by atoms with Gasteiger partial charge in [0.05, 0.1) is 29.2 Å². The Morgan fingerprint density at radius 2 is 2.03 bits per heavy atom. The highest BCUT2D eigenvalue weighted by Gasteiger charge is 2.41. The number of aryl methyl sites for hydroxylation is 1. The second kappa shape index (κ2) is 8.63. The van der Waals surface area contributed by atoms with Crippen LogP contribution < -0.4 is 10.7 Å². The molecule has 33 heavy (non-hydrogen) atoms. The van der Waals surface area contributed by atoms with Gasteiger partial charge in [-0.05, 0) is 51.7 Å². The Balaban J connectivity index is 1.61. The molecule has 1 aromatic heterocycles. The lowest BCUT2D eigenvalue weighted by Crippen LogP contribution is -2.36. The van der Waals surface area contributed by atoms with Crippen LogP contribution in [0.4, 0.5) is 0 Å². The average molecular weight is 450 g/mol. The lowest BCUT2D eigenvalue weighted by molar-refractivity contribution is -0.142. The third-order valence-corrected chi connectivity index (χ3v) is 6.69. The number of benzene rings is 1. The zero-order valence-corrected chi connectivity index (χ0v) is 18.9. The Morgan fingerprint density at radius 1 is 1.18 bits per heavy atom. The molecule has 1 N–H and O–H groups in total. The van der Waals surface area contributed by atoms with Crippen molar-refractivity contribution in [2.75, 3.05) is 13.2 Å². The number of esters is 1. The van der Waals surface area contributed by atoms with Crippen molar-refractivity contribution >= 4 is 22.7 Å². The molecule has 2 aliphatic heterocycles. The summed E-state index contributed by atoms with van der Waals surface area (Å²) in [6.45, 7) is 4.49. The van der Waals surface area contributed by atoms with Gasteiger partial charge in [-0.2, -0.15) is 0 Å². The van der Waals surface area contributed by atoms with E-state index >= 15 is 0 Å². The van der Waals surface area contributed by atoms with Crippen LogP contribution in [0.25, 0.3) is 11.0 Å². The molecular weight excluding hydrogens is 422 g/mol. The average Bonchev–Trinajstić information content (AvgIpc) is 3.31. The molecule has 0 amide bonds. The number of ether oxygens (including phenoxy) is 2. The van der Waals surface area contributed by atoms with Crippen molar-refractivity contribution in [1.29, 1.82) is 0 Å². The van der Waals surface area contributed by atoms with Crippen LogP contribution in [0, 0.1) is 6.92 Å². The number of hydrogen-bond acceptors (Lipinski definition) is 7. The summed E-state index contributed by atoms with van der Waals surface area (Å²) in [6, 6.07) is 5.40. The van der Waals surface area contributed by atoms with Crippen molar-refractivity contribution < 1.29 is 23.5 Å². The number of carbonyl (C=O) groups is 2.